The summed E-state index contributed by atoms with van der Waals surface area (Å²) in [5, 5.41) is 6.62. The van der Waals surface area contributed by atoms with Crippen LogP contribution in [0.15, 0.2) is 18.2 Å². The molecule has 1 rings (SSSR count). The number of nitrogens with one attached hydrogen (secondary N) is 2. The third-order valence-corrected chi connectivity index (χ3v) is 2.96. The molecule has 100 valence electrons. The van der Waals surface area contributed by atoms with Gasteiger partial charge in [0.15, 0.2) is 0 Å². The first-order chi connectivity index (χ1) is 8.65. The van der Waals surface area contributed by atoms with Crippen molar-refractivity contribution < 1.29 is 9.53 Å². The molecule has 0 unspecified atom stereocenters. The number of amides is 1. The number of rotatable bonds is 7. The molecule has 1 aromatic rings. The normalized spacial score (nSPS) is 10.4. The van der Waals surface area contributed by atoms with Gasteiger partial charge in [0.1, 0.15) is 0 Å². The van der Waals surface area contributed by atoms with Crippen LogP contribution in [0.1, 0.15) is 12.0 Å². The zero-order valence-electron chi connectivity index (χ0n) is 10.8. The molecule has 0 saturated heterocycles. The predicted octanol–water partition coefficient (Wildman–Crippen LogP) is 2.21. The molecule has 0 aliphatic carbocycles. The third kappa shape index (κ3) is 5.04. The summed E-state index contributed by atoms with van der Waals surface area (Å²) in [6.07, 6.45) is 0.426. The first-order valence-electron chi connectivity index (χ1n) is 5.89. The van der Waals surface area contributed by atoms with Gasteiger partial charge >= 0.3 is 0 Å². The zero-order chi connectivity index (χ0) is 13.4. The number of carbonyl (C=O) groups is 1. The van der Waals surface area contributed by atoms with Gasteiger partial charge in [-0.15, -0.1) is 0 Å². The summed E-state index contributed by atoms with van der Waals surface area (Å²) in [6, 6.07) is 5.47. The van der Waals surface area contributed by atoms with Crippen LogP contribution < -0.4 is 10.6 Å². The maximum Gasteiger partial charge on any atom is 0.225 e. The Morgan fingerprint density at radius 3 is 2.89 bits per heavy atom. The van der Waals surface area contributed by atoms with E-state index in [0.717, 1.165) is 17.8 Å². The maximum absolute atomic E-state index is 11.7. The number of hydrogen-bond donors (Lipinski definition) is 2. The molecular formula is C13H19ClN2O2. The van der Waals surface area contributed by atoms with E-state index in [1.165, 1.54) is 0 Å². The Morgan fingerprint density at radius 1 is 1.39 bits per heavy atom. The van der Waals surface area contributed by atoms with Crippen molar-refractivity contribution in [3.05, 3.63) is 28.8 Å². The summed E-state index contributed by atoms with van der Waals surface area (Å²) in [5.41, 5.74) is 1.66. The molecule has 0 spiro atoms. The number of halogens is 1. The minimum absolute atomic E-state index is 0.0229. The number of carbonyl (C=O) groups excluding carboxylic acids is 1. The molecule has 0 fully saturated rings. The fourth-order valence-electron chi connectivity index (χ4n) is 1.46. The summed E-state index contributed by atoms with van der Waals surface area (Å²) < 4.78 is 4.90. The minimum atomic E-state index is -0.0229. The lowest BCUT2D eigenvalue weighted by Crippen LogP contribution is -2.24. The Morgan fingerprint density at radius 2 is 2.17 bits per heavy atom. The Kier molecular flexibility index (Phi) is 6.72. The highest BCUT2D eigenvalue weighted by Gasteiger charge is 2.06. The highest BCUT2D eigenvalue weighted by atomic mass is 35.5. The van der Waals surface area contributed by atoms with E-state index >= 15 is 0 Å². The van der Waals surface area contributed by atoms with Crippen molar-refractivity contribution in [2.45, 2.75) is 13.3 Å². The molecule has 0 heterocycles. The van der Waals surface area contributed by atoms with E-state index in [-0.39, 0.29) is 5.91 Å². The van der Waals surface area contributed by atoms with Crippen LogP contribution in [0.2, 0.25) is 5.02 Å². The van der Waals surface area contributed by atoms with E-state index in [2.05, 4.69) is 10.6 Å². The van der Waals surface area contributed by atoms with Crippen molar-refractivity contribution in [2.24, 2.45) is 0 Å². The van der Waals surface area contributed by atoms with Crippen molar-refractivity contribution >= 4 is 23.2 Å². The van der Waals surface area contributed by atoms with E-state index in [9.17, 15) is 4.79 Å². The molecular weight excluding hydrogens is 252 g/mol. The van der Waals surface area contributed by atoms with Gasteiger partial charge in [-0.1, -0.05) is 17.7 Å². The first kappa shape index (κ1) is 15.0. The Balaban J connectivity index is 2.34. The fourth-order valence-corrected chi connectivity index (χ4v) is 1.63. The van der Waals surface area contributed by atoms with Gasteiger partial charge in [0.05, 0.1) is 6.61 Å². The Bertz CT molecular complexity index is 397. The first-order valence-corrected chi connectivity index (χ1v) is 6.27. The van der Waals surface area contributed by atoms with Crippen molar-refractivity contribution in [3.8, 4) is 0 Å². The molecule has 0 atom stereocenters. The smallest absolute Gasteiger partial charge is 0.225 e. The van der Waals surface area contributed by atoms with Crippen LogP contribution in [0.25, 0.3) is 0 Å². The molecule has 0 saturated carbocycles. The third-order valence-electron chi connectivity index (χ3n) is 2.55. The van der Waals surface area contributed by atoms with Gasteiger partial charge in [0, 0.05) is 37.3 Å². The number of methoxy groups -OCH3 is 1. The zero-order valence-corrected chi connectivity index (χ0v) is 11.5. The van der Waals surface area contributed by atoms with Crippen molar-refractivity contribution in [3.63, 3.8) is 0 Å². The number of benzene rings is 1. The van der Waals surface area contributed by atoms with Gasteiger partial charge in [-0.25, -0.2) is 0 Å². The molecule has 1 amide bonds. The fraction of sp³-hybridized carbons (Fsp3) is 0.462. The molecule has 0 aliphatic heterocycles. The summed E-state index contributed by atoms with van der Waals surface area (Å²) in [4.78, 5) is 11.7. The molecule has 0 aromatic heterocycles. The predicted molar refractivity (Wildman–Crippen MR) is 74.2 cm³/mol. The molecule has 4 nitrogen and oxygen atoms in total. The quantitative estimate of drug-likeness (QED) is 0.747. The van der Waals surface area contributed by atoms with Crippen LogP contribution >= 0.6 is 11.6 Å². The second-order valence-electron chi connectivity index (χ2n) is 3.95. The van der Waals surface area contributed by atoms with Crippen LogP contribution in [0.4, 0.5) is 5.69 Å². The number of hydrogen-bond acceptors (Lipinski definition) is 3. The summed E-state index contributed by atoms with van der Waals surface area (Å²) in [6.45, 7) is 3.92. The Labute approximate surface area is 113 Å². The molecule has 1 aromatic carbocycles. The highest BCUT2D eigenvalue weighted by Crippen LogP contribution is 2.22. The van der Waals surface area contributed by atoms with Crippen molar-refractivity contribution in [2.75, 3.05) is 32.1 Å². The Hall–Kier alpha value is -1.10. The molecule has 0 aliphatic rings. The van der Waals surface area contributed by atoms with Crippen molar-refractivity contribution in [1.82, 2.24) is 5.32 Å². The van der Waals surface area contributed by atoms with Gasteiger partial charge in [-0.05, 0) is 24.6 Å². The van der Waals surface area contributed by atoms with E-state index in [4.69, 9.17) is 16.3 Å². The van der Waals surface area contributed by atoms with Gasteiger partial charge < -0.3 is 15.4 Å². The summed E-state index contributed by atoms with van der Waals surface area (Å²) in [7, 11) is 1.65. The van der Waals surface area contributed by atoms with E-state index in [0.29, 0.717) is 24.6 Å². The molecule has 0 bridgehead atoms. The largest absolute Gasteiger partial charge is 0.383 e. The number of ether oxygens (including phenoxy) is 1. The highest BCUT2D eigenvalue weighted by molar-refractivity contribution is 6.31. The van der Waals surface area contributed by atoms with E-state index < -0.39 is 0 Å². The second-order valence-corrected chi connectivity index (χ2v) is 4.36. The molecule has 18 heavy (non-hydrogen) atoms. The average molecular weight is 271 g/mol. The lowest BCUT2D eigenvalue weighted by Gasteiger charge is -2.09. The van der Waals surface area contributed by atoms with Crippen LogP contribution in [-0.4, -0.2) is 32.7 Å². The molecule has 2 N–H and O–H groups in total. The van der Waals surface area contributed by atoms with Gasteiger partial charge in [0.2, 0.25) is 5.91 Å². The van der Waals surface area contributed by atoms with Gasteiger partial charge in [-0.3, -0.25) is 4.79 Å². The van der Waals surface area contributed by atoms with Crippen LogP contribution in [0.5, 0.6) is 0 Å². The SMILES string of the molecule is COCCNCCC(=O)Nc1cccc(Cl)c1C. The van der Waals surface area contributed by atoms with Crippen LogP contribution in [0.3, 0.4) is 0 Å². The lowest BCUT2D eigenvalue weighted by molar-refractivity contribution is -0.116. The standard InChI is InChI=1S/C13H19ClN2O2/c1-10-11(14)4-3-5-12(10)16-13(17)6-7-15-8-9-18-2/h3-5,15H,6-9H2,1-2H3,(H,16,17). The summed E-state index contributed by atoms with van der Waals surface area (Å²) >= 11 is 5.98. The minimum Gasteiger partial charge on any atom is -0.383 e. The molecule has 0 radical (unpaired) electrons. The van der Waals surface area contributed by atoms with Crippen LogP contribution in [0, 0.1) is 6.92 Å². The van der Waals surface area contributed by atoms with Crippen LogP contribution in [-0.2, 0) is 9.53 Å². The van der Waals surface area contributed by atoms with Gasteiger partial charge in [-0.2, -0.15) is 0 Å². The lowest BCUT2D eigenvalue weighted by atomic mass is 10.2. The second kappa shape index (κ2) is 8.08. The van der Waals surface area contributed by atoms with E-state index in [1.807, 2.05) is 19.1 Å². The summed E-state index contributed by atoms with van der Waals surface area (Å²) in [5.74, 6) is -0.0229. The molecule has 5 heteroatoms. The topological polar surface area (TPSA) is 50.4 Å². The van der Waals surface area contributed by atoms with E-state index in [1.54, 1.807) is 13.2 Å². The average Bonchev–Trinajstić information content (AvgIpc) is 2.35. The maximum atomic E-state index is 11.7. The monoisotopic (exact) mass is 270 g/mol. The van der Waals surface area contributed by atoms with Gasteiger partial charge in [0.25, 0.3) is 0 Å². The van der Waals surface area contributed by atoms with Crippen molar-refractivity contribution in [1.29, 1.82) is 0 Å². The number of anilines is 1.